The number of carbonyl (C=O) groups is 6. The summed E-state index contributed by atoms with van der Waals surface area (Å²) in [7, 11) is 1.65. The van der Waals surface area contributed by atoms with Crippen molar-refractivity contribution in [3.05, 3.63) is 135 Å². The molecule has 8 rings (SSSR count). The Bertz CT molecular complexity index is 3320. The molecular weight excluding hydrogens is 1020 g/mol. The van der Waals surface area contributed by atoms with Gasteiger partial charge in [-0.3, -0.25) is 24.5 Å². The fourth-order valence-corrected chi connectivity index (χ4v) is 10.5. The van der Waals surface area contributed by atoms with Gasteiger partial charge in [0.05, 0.1) is 42.2 Å². The number of phenolic OH excluding ortho intramolecular Hbond substituents is 2. The summed E-state index contributed by atoms with van der Waals surface area (Å²) in [4.78, 5) is 87.5. The van der Waals surface area contributed by atoms with Gasteiger partial charge in [-0.1, -0.05) is 44.3 Å². The number of amides is 4. The Labute approximate surface area is 454 Å². The molecule has 406 valence electrons. The van der Waals surface area contributed by atoms with Crippen molar-refractivity contribution in [2.75, 3.05) is 71.5 Å². The SMILES string of the molecule is C#CNc1nc2ccc(OC(=O)N(CCOCCOCCC(=O)NCCNC(=O)c3ccc4c(c3)C(=O)OC43c4ccc(O)cc4Oc4cc(O)ccc43)CCN(C)C(=O)CC(C)(C)C3=C(C)C(=C)C(C)=C(C)C3=O)cc2s1. The second kappa shape index (κ2) is 23.4. The molecule has 4 aromatic carbocycles. The third-order valence-corrected chi connectivity index (χ3v) is 14.9. The zero-order valence-electron chi connectivity index (χ0n) is 44.1. The van der Waals surface area contributed by atoms with E-state index >= 15 is 0 Å². The summed E-state index contributed by atoms with van der Waals surface area (Å²) in [6, 6.07) is 20.9. The molecule has 20 heteroatoms. The van der Waals surface area contributed by atoms with Gasteiger partial charge in [-0.2, -0.15) is 0 Å². The number of likely N-dealkylation sites (N-methyl/N-ethyl adjacent to an activating group) is 1. The largest absolute Gasteiger partial charge is 0.508 e. The molecule has 0 saturated carbocycles. The minimum absolute atomic E-state index is 0.0381. The number of aromatic hydroxyl groups is 2. The molecule has 3 aliphatic rings. The van der Waals surface area contributed by atoms with Crippen LogP contribution < -0.4 is 25.4 Å². The maximum atomic E-state index is 13.7. The molecule has 0 atom stereocenters. The number of ketones is 1. The number of esters is 1. The maximum Gasteiger partial charge on any atom is 0.415 e. The van der Waals surface area contributed by atoms with Gasteiger partial charge in [0, 0.05) is 116 Å². The molecule has 19 nitrogen and oxygen atoms in total. The van der Waals surface area contributed by atoms with E-state index in [1.165, 1.54) is 51.5 Å². The van der Waals surface area contributed by atoms with Gasteiger partial charge >= 0.3 is 12.1 Å². The van der Waals surface area contributed by atoms with Crippen molar-refractivity contribution < 1.29 is 62.7 Å². The fraction of sp³-hybridized carbons (Fsp3) is 0.328. The summed E-state index contributed by atoms with van der Waals surface area (Å²) in [6.07, 6.45) is 4.79. The zero-order chi connectivity index (χ0) is 56.1. The summed E-state index contributed by atoms with van der Waals surface area (Å²) in [5, 5.41) is 29.1. The number of thiazole rings is 1. The van der Waals surface area contributed by atoms with Crippen LogP contribution in [0.4, 0.5) is 9.93 Å². The number of benzene rings is 4. The van der Waals surface area contributed by atoms with Crippen LogP contribution in [-0.4, -0.2) is 127 Å². The molecular formula is C58H60N6O13S. The molecule has 3 heterocycles. The number of terminal acetylenes is 1. The van der Waals surface area contributed by atoms with E-state index in [4.69, 9.17) is 30.1 Å². The van der Waals surface area contributed by atoms with E-state index in [1.807, 2.05) is 27.7 Å². The van der Waals surface area contributed by atoms with Gasteiger partial charge in [0.2, 0.25) is 11.8 Å². The number of phenols is 2. The van der Waals surface area contributed by atoms with E-state index in [0.717, 1.165) is 21.4 Å². The van der Waals surface area contributed by atoms with Gasteiger partial charge in [0.25, 0.3) is 5.91 Å². The number of ether oxygens (including phenoxy) is 5. The molecule has 78 heavy (non-hydrogen) atoms. The Balaban J connectivity index is 0.776. The van der Waals surface area contributed by atoms with Gasteiger partial charge in [-0.15, -0.1) is 0 Å². The quantitative estimate of drug-likeness (QED) is 0.0204. The number of rotatable bonds is 21. The summed E-state index contributed by atoms with van der Waals surface area (Å²) in [5.74, 6) is -1.16. The first-order valence-corrected chi connectivity index (χ1v) is 25.9. The molecule has 0 unspecified atom stereocenters. The third kappa shape index (κ3) is 11.7. The molecule has 0 radical (unpaired) electrons. The standard InChI is InChI=1S/C58H60N6O13S/c1-9-59-55-62-45-17-13-40(31-48(45)78-55)75-56(72)64(22-21-63(8)50(68)32-57(6,7)51-35(4)33(2)34(3)36(5)52(51)69)23-25-74-27-26-73-24-18-49(67)60-19-20-61-53(70)37-10-14-42-41(28-37)54(71)77-58(42)43-15-11-38(65)29-46(43)76-47-30-39(66)12-16-44(47)58/h1,10-17,28-31,65-66H,2,18-27,32H2,3-8H3,(H,59,62)(H,60,67)(H,61,70). The Morgan fingerprint density at radius 1 is 0.821 bits per heavy atom. The summed E-state index contributed by atoms with van der Waals surface area (Å²) < 4.78 is 30.0. The summed E-state index contributed by atoms with van der Waals surface area (Å²) in [5.41, 5.74) is 3.70. The highest BCUT2D eigenvalue weighted by molar-refractivity contribution is 7.22. The molecule has 0 bridgehead atoms. The number of nitrogens with one attached hydrogen (secondary N) is 3. The lowest BCUT2D eigenvalue weighted by atomic mass is 9.70. The lowest BCUT2D eigenvalue weighted by Crippen LogP contribution is -2.43. The van der Waals surface area contributed by atoms with Crippen LogP contribution in [0.1, 0.15) is 84.9 Å². The van der Waals surface area contributed by atoms with Crippen LogP contribution in [0.3, 0.4) is 0 Å². The number of hydrogen-bond donors (Lipinski definition) is 5. The monoisotopic (exact) mass is 1080 g/mol. The molecule has 1 spiro atoms. The average molecular weight is 1080 g/mol. The van der Waals surface area contributed by atoms with Crippen molar-refractivity contribution in [2.45, 2.75) is 53.1 Å². The molecule has 4 amide bonds. The second-order valence-corrected chi connectivity index (χ2v) is 20.6. The summed E-state index contributed by atoms with van der Waals surface area (Å²) in [6.45, 7) is 14.5. The predicted molar refractivity (Wildman–Crippen MR) is 291 cm³/mol. The normalized spacial score (nSPS) is 14.2. The highest BCUT2D eigenvalue weighted by Crippen LogP contribution is 2.57. The van der Waals surface area contributed by atoms with Crippen LogP contribution in [0.5, 0.6) is 28.7 Å². The lowest BCUT2D eigenvalue weighted by Gasteiger charge is -2.36. The van der Waals surface area contributed by atoms with Gasteiger partial charge in [-0.05, 0) is 86.0 Å². The molecule has 5 N–H and O–H groups in total. The van der Waals surface area contributed by atoms with Gasteiger partial charge in [0.1, 0.15) is 28.7 Å². The van der Waals surface area contributed by atoms with Crippen LogP contribution in [0.25, 0.3) is 10.2 Å². The Kier molecular flexibility index (Phi) is 16.7. The van der Waals surface area contributed by atoms with Gasteiger partial charge in [0.15, 0.2) is 16.5 Å². The Morgan fingerprint density at radius 3 is 2.18 bits per heavy atom. The first-order chi connectivity index (χ1) is 37.2. The van der Waals surface area contributed by atoms with Crippen LogP contribution in [0.15, 0.2) is 107 Å². The summed E-state index contributed by atoms with van der Waals surface area (Å²) >= 11 is 1.30. The second-order valence-electron chi connectivity index (χ2n) is 19.6. The molecule has 0 saturated heterocycles. The van der Waals surface area contributed by atoms with E-state index in [1.54, 1.807) is 56.4 Å². The first kappa shape index (κ1) is 55.7. The van der Waals surface area contributed by atoms with E-state index in [-0.39, 0.29) is 129 Å². The number of allylic oxidation sites excluding steroid dienone is 5. The van der Waals surface area contributed by atoms with Gasteiger partial charge < -0.3 is 54.3 Å². The topological polar surface area (TPSA) is 244 Å². The number of aromatic nitrogens is 1. The van der Waals surface area contributed by atoms with Crippen LogP contribution in [0.2, 0.25) is 0 Å². The number of Topliss-reactive ketones (excluding diaryl/α,β-unsaturated/α-hetero) is 1. The molecule has 5 aromatic rings. The van der Waals surface area contributed by atoms with Crippen molar-refractivity contribution in [3.63, 3.8) is 0 Å². The zero-order valence-corrected chi connectivity index (χ0v) is 44.9. The highest BCUT2D eigenvalue weighted by Gasteiger charge is 2.54. The number of hydrogen-bond acceptors (Lipinski definition) is 16. The minimum Gasteiger partial charge on any atom is -0.508 e. The van der Waals surface area contributed by atoms with E-state index in [0.29, 0.717) is 38.5 Å². The van der Waals surface area contributed by atoms with Crippen molar-refractivity contribution in [1.29, 1.82) is 0 Å². The van der Waals surface area contributed by atoms with Crippen LogP contribution in [-0.2, 0) is 34.2 Å². The predicted octanol–water partition coefficient (Wildman–Crippen LogP) is 7.71. The Hall–Kier alpha value is -8.51. The number of nitrogens with zero attached hydrogens (tertiary/aromatic N) is 3. The highest BCUT2D eigenvalue weighted by atomic mass is 32.1. The van der Waals surface area contributed by atoms with Crippen molar-refractivity contribution in [1.82, 2.24) is 25.4 Å². The Morgan fingerprint density at radius 2 is 1.49 bits per heavy atom. The smallest absolute Gasteiger partial charge is 0.415 e. The number of fused-ring (bicyclic) bond motifs is 7. The van der Waals surface area contributed by atoms with Crippen LogP contribution in [0, 0.1) is 17.9 Å². The molecule has 1 aromatic heterocycles. The molecule has 0 fully saturated rings. The van der Waals surface area contributed by atoms with Crippen molar-refractivity contribution >= 4 is 62.3 Å². The molecule has 1 aliphatic carbocycles. The molecule has 2 aliphatic heterocycles. The minimum atomic E-state index is -1.46. The van der Waals surface area contributed by atoms with E-state index < -0.39 is 29.0 Å². The lowest BCUT2D eigenvalue weighted by molar-refractivity contribution is -0.132. The first-order valence-electron chi connectivity index (χ1n) is 25.1. The third-order valence-electron chi connectivity index (χ3n) is 13.9. The van der Waals surface area contributed by atoms with Crippen molar-refractivity contribution in [3.8, 4) is 41.2 Å². The van der Waals surface area contributed by atoms with Crippen LogP contribution >= 0.6 is 11.3 Å². The van der Waals surface area contributed by atoms with E-state index in [2.05, 4.69) is 33.6 Å². The average Bonchev–Trinajstić information content (AvgIpc) is 4.15. The fourth-order valence-electron chi connectivity index (χ4n) is 9.62. The number of carbonyl (C=O) groups excluding carboxylic acids is 6. The van der Waals surface area contributed by atoms with Crippen molar-refractivity contribution in [2.24, 2.45) is 5.41 Å². The maximum absolute atomic E-state index is 13.7. The van der Waals surface area contributed by atoms with E-state index in [9.17, 15) is 39.0 Å². The number of anilines is 1. The van der Waals surface area contributed by atoms with Gasteiger partial charge in [-0.25, -0.2) is 14.6 Å².